The highest BCUT2D eigenvalue weighted by molar-refractivity contribution is 7.13. The van der Waals surface area contributed by atoms with Crippen LogP contribution >= 0.6 is 11.3 Å². The second-order valence-electron chi connectivity index (χ2n) is 6.01. The van der Waals surface area contributed by atoms with E-state index >= 15 is 0 Å². The minimum atomic E-state index is 0.180. The number of aromatic nitrogens is 1. The molecule has 118 valence electrons. The summed E-state index contributed by atoms with van der Waals surface area (Å²) in [6, 6.07) is 1.02. The fourth-order valence-corrected chi connectivity index (χ4v) is 4.09. The molecule has 0 aromatic carbocycles. The number of hydrogen-bond donors (Lipinski definition) is 0. The fourth-order valence-electron chi connectivity index (χ4n) is 3.12. The van der Waals surface area contributed by atoms with Gasteiger partial charge in [-0.3, -0.25) is 9.69 Å². The molecular weight excluding hydrogens is 282 g/mol. The van der Waals surface area contributed by atoms with E-state index in [1.807, 2.05) is 11.8 Å². The lowest BCUT2D eigenvalue weighted by Crippen LogP contribution is -2.56. The molecule has 1 aromatic heterocycles. The Bertz CT molecular complexity index is 498. The smallest absolute Gasteiger partial charge is 0.265 e. The molecule has 1 aliphatic rings. The molecule has 21 heavy (non-hydrogen) atoms. The van der Waals surface area contributed by atoms with Crippen molar-refractivity contribution >= 4 is 17.2 Å². The summed E-state index contributed by atoms with van der Waals surface area (Å²) in [7, 11) is 0. The molecule has 1 fully saturated rings. The fraction of sp³-hybridized carbons (Fsp3) is 0.750. The maximum Gasteiger partial charge on any atom is 0.265 e. The van der Waals surface area contributed by atoms with Gasteiger partial charge < -0.3 is 4.90 Å². The molecule has 1 saturated heterocycles. The maximum absolute atomic E-state index is 12.8. The first-order valence-corrected chi connectivity index (χ1v) is 8.80. The number of rotatable bonds is 4. The van der Waals surface area contributed by atoms with Crippen LogP contribution in [-0.4, -0.2) is 52.4 Å². The summed E-state index contributed by atoms with van der Waals surface area (Å²) in [4.78, 5) is 22.7. The number of thiazole rings is 1. The van der Waals surface area contributed by atoms with Crippen LogP contribution in [0.2, 0.25) is 0 Å². The van der Waals surface area contributed by atoms with E-state index in [2.05, 4.69) is 37.6 Å². The lowest BCUT2D eigenvalue weighted by Gasteiger charge is -2.43. The molecular formula is C16H27N3OS. The number of carbonyl (C=O) groups excluding carboxylic acids is 1. The van der Waals surface area contributed by atoms with Gasteiger partial charge in [-0.15, -0.1) is 11.3 Å². The number of hydrogen-bond acceptors (Lipinski definition) is 4. The summed E-state index contributed by atoms with van der Waals surface area (Å²) in [6.07, 6.45) is 1.92. The van der Waals surface area contributed by atoms with Crippen molar-refractivity contribution in [2.75, 3.05) is 19.6 Å². The van der Waals surface area contributed by atoms with E-state index in [1.165, 1.54) is 0 Å². The Morgan fingerprint density at radius 3 is 2.67 bits per heavy atom. The SMILES string of the molecule is CCc1nc(C)sc1C(=O)N1CCN(C(C)C)C(CC)C1. The predicted molar refractivity (Wildman–Crippen MR) is 88.1 cm³/mol. The highest BCUT2D eigenvalue weighted by Gasteiger charge is 2.31. The minimum Gasteiger partial charge on any atom is -0.335 e. The summed E-state index contributed by atoms with van der Waals surface area (Å²) in [5, 5.41) is 0.989. The Balaban J connectivity index is 2.14. The quantitative estimate of drug-likeness (QED) is 0.858. The van der Waals surface area contributed by atoms with Gasteiger partial charge in [-0.2, -0.15) is 0 Å². The van der Waals surface area contributed by atoms with Crippen LogP contribution in [0.1, 0.15) is 54.5 Å². The Kier molecular flexibility index (Phi) is 5.38. The van der Waals surface area contributed by atoms with E-state index in [9.17, 15) is 4.79 Å². The second kappa shape index (κ2) is 6.88. The van der Waals surface area contributed by atoms with Gasteiger partial charge in [-0.05, 0) is 33.6 Å². The Hall–Kier alpha value is -0.940. The van der Waals surface area contributed by atoms with Crippen LogP contribution in [0.5, 0.6) is 0 Å². The Morgan fingerprint density at radius 1 is 1.38 bits per heavy atom. The molecule has 2 heterocycles. The van der Waals surface area contributed by atoms with Crippen LogP contribution in [0.15, 0.2) is 0 Å². The van der Waals surface area contributed by atoms with Gasteiger partial charge >= 0.3 is 0 Å². The van der Waals surface area contributed by atoms with Crippen molar-refractivity contribution in [2.24, 2.45) is 0 Å². The topological polar surface area (TPSA) is 36.4 Å². The second-order valence-corrected chi connectivity index (χ2v) is 7.21. The monoisotopic (exact) mass is 309 g/mol. The minimum absolute atomic E-state index is 0.180. The van der Waals surface area contributed by atoms with Gasteiger partial charge in [0.05, 0.1) is 10.7 Å². The molecule has 1 atom stereocenters. The van der Waals surface area contributed by atoms with Gasteiger partial charge in [0.25, 0.3) is 5.91 Å². The predicted octanol–water partition coefficient (Wildman–Crippen LogP) is 2.96. The lowest BCUT2D eigenvalue weighted by molar-refractivity contribution is 0.0374. The first kappa shape index (κ1) is 16.4. The van der Waals surface area contributed by atoms with Crippen molar-refractivity contribution in [3.05, 3.63) is 15.6 Å². The summed E-state index contributed by atoms with van der Waals surface area (Å²) < 4.78 is 0. The van der Waals surface area contributed by atoms with E-state index in [0.29, 0.717) is 12.1 Å². The zero-order valence-corrected chi connectivity index (χ0v) is 14.7. The molecule has 0 saturated carbocycles. The van der Waals surface area contributed by atoms with Gasteiger partial charge in [0.1, 0.15) is 4.88 Å². The number of carbonyl (C=O) groups is 1. The van der Waals surface area contributed by atoms with E-state index in [-0.39, 0.29) is 5.91 Å². The number of nitrogens with zero attached hydrogens (tertiary/aromatic N) is 3. The van der Waals surface area contributed by atoms with E-state index in [1.54, 1.807) is 11.3 Å². The molecule has 5 heteroatoms. The highest BCUT2D eigenvalue weighted by atomic mass is 32.1. The number of amides is 1. The van der Waals surface area contributed by atoms with Gasteiger partial charge in [0.15, 0.2) is 0 Å². The largest absolute Gasteiger partial charge is 0.335 e. The van der Waals surface area contributed by atoms with Crippen LogP contribution in [0.3, 0.4) is 0 Å². The molecule has 0 aliphatic carbocycles. The van der Waals surface area contributed by atoms with Crippen LogP contribution in [0.4, 0.5) is 0 Å². The van der Waals surface area contributed by atoms with Crippen molar-refractivity contribution in [3.8, 4) is 0 Å². The Labute approximate surface area is 132 Å². The van der Waals surface area contributed by atoms with Crippen LogP contribution in [0.25, 0.3) is 0 Å². The molecule has 1 amide bonds. The summed E-state index contributed by atoms with van der Waals surface area (Å²) in [5.41, 5.74) is 0.960. The van der Waals surface area contributed by atoms with Crippen molar-refractivity contribution in [2.45, 2.75) is 59.5 Å². The van der Waals surface area contributed by atoms with E-state index < -0.39 is 0 Å². The van der Waals surface area contributed by atoms with Crippen molar-refractivity contribution in [1.29, 1.82) is 0 Å². The zero-order chi connectivity index (χ0) is 15.6. The van der Waals surface area contributed by atoms with Crippen LogP contribution in [-0.2, 0) is 6.42 Å². The van der Waals surface area contributed by atoms with Crippen LogP contribution in [0, 0.1) is 6.92 Å². The summed E-state index contributed by atoms with van der Waals surface area (Å²) >= 11 is 1.54. The molecule has 0 N–H and O–H groups in total. The van der Waals surface area contributed by atoms with E-state index in [4.69, 9.17) is 0 Å². The van der Waals surface area contributed by atoms with Crippen LogP contribution < -0.4 is 0 Å². The average Bonchev–Trinajstić information content (AvgIpc) is 2.86. The molecule has 4 nitrogen and oxygen atoms in total. The van der Waals surface area contributed by atoms with Gasteiger partial charge in [-0.25, -0.2) is 4.98 Å². The molecule has 1 aliphatic heterocycles. The molecule has 1 unspecified atom stereocenters. The summed E-state index contributed by atoms with van der Waals surface area (Å²) in [5.74, 6) is 0.180. The van der Waals surface area contributed by atoms with Crippen molar-refractivity contribution in [3.63, 3.8) is 0 Å². The maximum atomic E-state index is 12.8. The normalized spacial score (nSPS) is 20.3. The number of aryl methyl sites for hydroxylation is 2. The highest BCUT2D eigenvalue weighted by Crippen LogP contribution is 2.23. The van der Waals surface area contributed by atoms with Gasteiger partial charge in [-0.1, -0.05) is 13.8 Å². The third kappa shape index (κ3) is 3.46. The van der Waals surface area contributed by atoms with Gasteiger partial charge in [0, 0.05) is 31.7 Å². The first-order valence-electron chi connectivity index (χ1n) is 7.99. The van der Waals surface area contributed by atoms with Crippen molar-refractivity contribution in [1.82, 2.24) is 14.8 Å². The van der Waals surface area contributed by atoms with Crippen molar-refractivity contribution < 1.29 is 4.79 Å². The first-order chi connectivity index (χ1) is 9.97. The summed E-state index contributed by atoms with van der Waals surface area (Å²) in [6.45, 7) is 13.4. The number of piperazine rings is 1. The van der Waals surface area contributed by atoms with E-state index in [0.717, 1.165) is 48.1 Å². The zero-order valence-electron chi connectivity index (χ0n) is 13.8. The molecule has 0 bridgehead atoms. The standard InChI is InChI=1S/C16H27N3OS/c1-6-13-10-18(8-9-19(13)11(3)4)16(20)15-14(7-2)17-12(5)21-15/h11,13H,6-10H2,1-5H3. The molecule has 0 spiro atoms. The molecule has 0 radical (unpaired) electrons. The molecule has 2 rings (SSSR count). The Morgan fingerprint density at radius 2 is 2.10 bits per heavy atom. The third-order valence-corrected chi connectivity index (χ3v) is 5.28. The lowest BCUT2D eigenvalue weighted by atomic mass is 10.1. The van der Waals surface area contributed by atoms with Gasteiger partial charge in [0.2, 0.25) is 0 Å². The average molecular weight is 309 g/mol. The third-order valence-electron chi connectivity index (χ3n) is 4.28. The molecule has 1 aromatic rings.